The molecule has 0 amide bonds. The summed E-state index contributed by atoms with van der Waals surface area (Å²) in [5, 5.41) is 0. The maximum absolute atomic E-state index is 5.76. The van der Waals surface area contributed by atoms with Gasteiger partial charge < -0.3 is 9.30 Å². The Balaban J connectivity index is 2.15. The zero-order valence-electron chi connectivity index (χ0n) is 11.0. The molecule has 1 aromatic carbocycles. The van der Waals surface area contributed by atoms with Gasteiger partial charge in [-0.05, 0) is 39.8 Å². The molecule has 0 fully saturated rings. The first-order valence-corrected chi connectivity index (χ1v) is 6.03. The molecule has 0 aliphatic carbocycles. The largest absolute Gasteiger partial charge is 0.374 e. The van der Waals surface area contributed by atoms with Crippen molar-refractivity contribution in [1.82, 2.24) is 9.55 Å². The van der Waals surface area contributed by atoms with Gasteiger partial charge in [0.15, 0.2) is 0 Å². The van der Waals surface area contributed by atoms with Gasteiger partial charge in [0.2, 0.25) is 0 Å². The smallest absolute Gasteiger partial charge is 0.106 e. The van der Waals surface area contributed by atoms with Gasteiger partial charge in [-0.1, -0.05) is 12.1 Å². The first kappa shape index (κ1) is 12.1. The molecule has 0 atom stereocenters. The summed E-state index contributed by atoms with van der Waals surface area (Å²) >= 11 is 0. The molecule has 0 aliphatic rings. The molecular weight excluding hydrogens is 212 g/mol. The first-order valence-electron chi connectivity index (χ1n) is 6.03. The van der Waals surface area contributed by atoms with Crippen LogP contribution in [0, 0.1) is 6.92 Å². The summed E-state index contributed by atoms with van der Waals surface area (Å²) in [7, 11) is 0. The molecule has 0 bridgehead atoms. The van der Waals surface area contributed by atoms with Crippen LogP contribution in [-0.4, -0.2) is 21.8 Å². The molecule has 1 heterocycles. The SMILES string of the molecule is Cc1nc2ccccc2n1CCOC(C)(C)C. The van der Waals surface area contributed by atoms with Gasteiger partial charge in [-0.3, -0.25) is 0 Å². The number of imidazole rings is 1. The van der Waals surface area contributed by atoms with E-state index in [2.05, 4.69) is 36.4 Å². The van der Waals surface area contributed by atoms with Gasteiger partial charge in [-0.2, -0.15) is 0 Å². The topological polar surface area (TPSA) is 27.1 Å². The van der Waals surface area contributed by atoms with Crippen LogP contribution in [0.25, 0.3) is 11.0 Å². The fourth-order valence-corrected chi connectivity index (χ4v) is 1.92. The Labute approximate surface area is 102 Å². The van der Waals surface area contributed by atoms with Crippen LogP contribution < -0.4 is 0 Å². The quantitative estimate of drug-likeness (QED) is 0.812. The predicted molar refractivity (Wildman–Crippen MR) is 70.2 cm³/mol. The van der Waals surface area contributed by atoms with Crippen molar-refractivity contribution in [2.45, 2.75) is 39.8 Å². The molecule has 3 heteroatoms. The molecule has 0 radical (unpaired) electrons. The lowest BCUT2D eigenvalue weighted by Gasteiger charge is -2.20. The van der Waals surface area contributed by atoms with Crippen molar-refractivity contribution in [2.24, 2.45) is 0 Å². The van der Waals surface area contributed by atoms with Gasteiger partial charge >= 0.3 is 0 Å². The van der Waals surface area contributed by atoms with E-state index in [-0.39, 0.29) is 5.60 Å². The third-order valence-electron chi connectivity index (χ3n) is 2.70. The van der Waals surface area contributed by atoms with Crippen LogP contribution in [0.3, 0.4) is 0 Å². The average Bonchev–Trinajstić information content (AvgIpc) is 2.54. The maximum atomic E-state index is 5.76. The molecule has 0 N–H and O–H groups in total. The number of fused-ring (bicyclic) bond motifs is 1. The highest BCUT2D eigenvalue weighted by atomic mass is 16.5. The second kappa shape index (κ2) is 4.49. The second-order valence-corrected chi connectivity index (χ2v) is 5.26. The van der Waals surface area contributed by atoms with Crippen LogP contribution in [0.1, 0.15) is 26.6 Å². The molecule has 0 spiro atoms. The van der Waals surface area contributed by atoms with Gasteiger partial charge in [0.05, 0.1) is 23.2 Å². The van der Waals surface area contributed by atoms with E-state index in [1.165, 1.54) is 5.52 Å². The van der Waals surface area contributed by atoms with Crippen molar-refractivity contribution < 1.29 is 4.74 Å². The zero-order chi connectivity index (χ0) is 12.5. The Hall–Kier alpha value is -1.35. The highest BCUT2D eigenvalue weighted by molar-refractivity contribution is 5.75. The van der Waals surface area contributed by atoms with E-state index in [4.69, 9.17) is 4.74 Å². The number of aromatic nitrogens is 2. The highest BCUT2D eigenvalue weighted by Gasteiger charge is 2.11. The molecule has 1 aromatic heterocycles. The Kier molecular flexibility index (Phi) is 3.20. The number of hydrogen-bond acceptors (Lipinski definition) is 2. The number of nitrogens with zero attached hydrogens (tertiary/aromatic N) is 2. The third-order valence-corrected chi connectivity index (χ3v) is 2.70. The molecule has 17 heavy (non-hydrogen) atoms. The molecule has 0 unspecified atom stereocenters. The summed E-state index contributed by atoms with van der Waals surface area (Å²) in [4.78, 5) is 4.54. The van der Waals surface area contributed by atoms with Crippen LogP contribution in [-0.2, 0) is 11.3 Å². The lowest BCUT2D eigenvalue weighted by Crippen LogP contribution is -2.22. The maximum Gasteiger partial charge on any atom is 0.106 e. The van der Waals surface area contributed by atoms with Crippen molar-refractivity contribution in [3.63, 3.8) is 0 Å². The lowest BCUT2D eigenvalue weighted by molar-refractivity contribution is -0.00666. The van der Waals surface area contributed by atoms with Crippen LogP contribution in [0.5, 0.6) is 0 Å². The van der Waals surface area contributed by atoms with Crippen LogP contribution >= 0.6 is 0 Å². The highest BCUT2D eigenvalue weighted by Crippen LogP contribution is 2.15. The fraction of sp³-hybridized carbons (Fsp3) is 0.500. The molecule has 0 aliphatic heterocycles. The molecule has 0 saturated carbocycles. The first-order chi connectivity index (χ1) is 7.97. The van der Waals surface area contributed by atoms with E-state index in [9.17, 15) is 0 Å². The predicted octanol–water partition coefficient (Wildman–Crippen LogP) is 3.16. The van der Waals surface area contributed by atoms with Crippen molar-refractivity contribution in [3.05, 3.63) is 30.1 Å². The van der Waals surface area contributed by atoms with Crippen LogP contribution in [0.2, 0.25) is 0 Å². The minimum absolute atomic E-state index is 0.0791. The minimum Gasteiger partial charge on any atom is -0.374 e. The summed E-state index contributed by atoms with van der Waals surface area (Å²) < 4.78 is 7.97. The van der Waals surface area contributed by atoms with Crippen molar-refractivity contribution in [2.75, 3.05) is 6.61 Å². The van der Waals surface area contributed by atoms with Gasteiger partial charge in [-0.25, -0.2) is 4.98 Å². The van der Waals surface area contributed by atoms with Gasteiger partial charge in [0.25, 0.3) is 0 Å². The normalized spacial score (nSPS) is 12.2. The monoisotopic (exact) mass is 232 g/mol. The Morgan fingerprint density at radius 2 is 1.94 bits per heavy atom. The van der Waals surface area contributed by atoms with E-state index >= 15 is 0 Å². The van der Waals surface area contributed by atoms with Crippen molar-refractivity contribution in [3.8, 4) is 0 Å². The third kappa shape index (κ3) is 2.86. The molecule has 3 nitrogen and oxygen atoms in total. The summed E-state index contributed by atoms with van der Waals surface area (Å²) in [6.45, 7) is 9.83. The van der Waals surface area contributed by atoms with E-state index in [0.717, 1.165) is 17.9 Å². The van der Waals surface area contributed by atoms with E-state index in [0.29, 0.717) is 6.61 Å². The summed E-state index contributed by atoms with van der Waals surface area (Å²) in [6, 6.07) is 8.21. The zero-order valence-corrected chi connectivity index (χ0v) is 11.0. The minimum atomic E-state index is -0.0791. The van der Waals surface area contributed by atoms with Crippen molar-refractivity contribution in [1.29, 1.82) is 0 Å². The number of ether oxygens (including phenoxy) is 1. The molecular formula is C14H20N2O. The lowest BCUT2D eigenvalue weighted by atomic mass is 10.2. The molecule has 2 aromatic rings. The number of aryl methyl sites for hydroxylation is 1. The molecule has 2 rings (SSSR count). The summed E-state index contributed by atoms with van der Waals surface area (Å²) in [5.74, 6) is 1.05. The van der Waals surface area contributed by atoms with Crippen LogP contribution in [0.15, 0.2) is 24.3 Å². The van der Waals surface area contributed by atoms with E-state index < -0.39 is 0 Å². The van der Waals surface area contributed by atoms with Gasteiger partial charge in [-0.15, -0.1) is 0 Å². The summed E-state index contributed by atoms with van der Waals surface area (Å²) in [5.41, 5.74) is 2.16. The van der Waals surface area contributed by atoms with E-state index in [1.807, 2.05) is 25.1 Å². The van der Waals surface area contributed by atoms with Crippen LogP contribution in [0.4, 0.5) is 0 Å². The van der Waals surface area contributed by atoms with Gasteiger partial charge in [0, 0.05) is 6.54 Å². The van der Waals surface area contributed by atoms with Crippen molar-refractivity contribution >= 4 is 11.0 Å². The number of para-hydroxylation sites is 2. The van der Waals surface area contributed by atoms with E-state index in [1.54, 1.807) is 0 Å². The Morgan fingerprint density at radius 3 is 2.65 bits per heavy atom. The number of rotatable bonds is 3. The summed E-state index contributed by atoms with van der Waals surface area (Å²) in [6.07, 6.45) is 0. The molecule has 0 saturated heterocycles. The molecule has 92 valence electrons. The standard InChI is InChI=1S/C14H20N2O/c1-11-15-12-7-5-6-8-13(12)16(11)9-10-17-14(2,3)4/h5-8H,9-10H2,1-4H3. The number of benzene rings is 1. The average molecular weight is 232 g/mol. The fourth-order valence-electron chi connectivity index (χ4n) is 1.92. The van der Waals surface area contributed by atoms with Gasteiger partial charge in [0.1, 0.15) is 5.82 Å². The second-order valence-electron chi connectivity index (χ2n) is 5.26. The Bertz CT molecular complexity index is 508. The number of hydrogen-bond donors (Lipinski definition) is 0. The Morgan fingerprint density at radius 1 is 1.24 bits per heavy atom.